The zero-order valence-corrected chi connectivity index (χ0v) is 16.8. The van der Waals surface area contributed by atoms with Crippen LogP contribution in [-0.4, -0.2) is 65.2 Å². The molecule has 0 aliphatic carbocycles. The van der Waals surface area contributed by atoms with Crippen LogP contribution in [0, 0.1) is 5.92 Å². The molecule has 0 radical (unpaired) electrons. The molecule has 0 bridgehead atoms. The number of benzene rings is 1. The van der Waals surface area contributed by atoms with E-state index in [1.54, 1.807) is 0 Å². The zero-order chi connectivity index (χ0) is 19.2. The molecule has 5 nitrogen and oxygen atoms in total. The second-order valence-corrected chi connectivity index (χ2v) is 8.57. The van der Waals surface area contributed by atoms with E-state index in [2.05, 4.69) is 59.3 Å². The maximum Gasteiger partial charge on any atom is 0.237 e. The molecule has 0 saturated carbocycles. The lowest BCUT2D eigenvalue weighted by Crippen LogP contribution is -2.51. The van der Waals surface area contributed by atoms with E-state index < -0.39 is 0 Å². The standard InChI is InChI=1S/C22H35N3O2/c1-17(2)8-11-23-22(27)21-14-20(26)16-25(21)19-9-12-24(13-10-19)15-18-6-4-3-5-7-18/h3-7,17,19-21,26H,8-16H2,1-2H3,(H,23,27)/t20-,21+/m1/s1. The molecular formula is C22H35N3O2. The summed E-state index contributed by atoms with van der Waals surface area (Å²) in [5, 5.41) is 13.3. The van der Waals surface area contributed by atoms with Crippen LogP contribution in [0.15, 0.2) is 30.3 Å². The first kappa shape index (κ1) is 20.3. The lowest BCUT2D eigenvalue weighted by molar-refractivity contribution is -0.126. The van der Waals surface area contributed by atoms with Crippen LogP contribution in [0.25, 0.3) is 0 Å². The van der Waals surface area contributed by atoms with E-state index in [1.165, 1.54) is 5.56 Å². The fraction of sp³-hybridized carbons (Fsp3) is 0.682. The van der Waals surface area contributed by atoms with Gasteiger partial charge in [-0.1, -0.05) is 44.2 Å². The Hall–Kier alpha value is -1.43. The van der Waals surface area contributed by atoms with Crippen LogP contribution < -0.4 is 5.32 Å². The number of likely N-dealkylation sites (tertiary alicyclic amines) is 2. The molecule has 0 unspecified atom stereocenters. The minimum atomic E-state index is -0.381. The first-order valence-corrected chi connectivity index (χ1v) is 10.5. The monoisotopic (exact) mass is 373 g/mol. The SMILES string of the molecule is CC(C)CCNC(=O)[C@@H]1C[C@@H](O)CN1C1CCN(Cc2ccccc2)CC1. The Morgan fingerprint density at radius 1 is 1.22 bits per heavy atom. The number of amides is 1. The van der Waals surface area contributed by atoms with E-state index in [9.17, 15) is 9.90 Å². The van der Waals surface area contributed by atoms with Crippen LogP contribution in [-0.2, 0) is 11.3 Å². The summed E-state index contributed by atoms with van der Waals surface area (Å²) in [5.74, 6) is 0.684. The van der Waals surface area contributed by atoms with Gasteiger partial charge in [-0.2, -0.15) is 0 Å². The molecule has 2 aliphatic heterocycles. The predicted molar refractivity (Wildman–Crippen MR) is 108 cm³/mol. The van der Waals surface area contributed by atoms with Crippen molar-refractivity contribution in [3.63, 3.8) is 0 Å². The highest BCUT2D eigenvalue weighted by molar-refractivity contribution is 5.82. The van der Waals surface area contributed by atoms with Crippen molar-refractivity contribution in [2.75, 3.05) is 26.2 Å². The van der Waals surface area contributed by atoms with Crippen LogP contribution in [0.3, 0.4) is 0 Å². The molecule has 2 fully saturated rings. The van der Waals surface area contributed by atoms with Crippen LogP contribution >= 0.6 is 0 Å². The van der Waals surface area contributed by atoms with E-state index in [0.29, 0.717) is 24.9 Å². The van der Waals surface area contributed by atoms with Crippen molar-refractivity contribution in [3.05, 3.63) is 35.9 Å². The van der Waals surface area contributed by atoms with Crippen molar-refractivity contribution in [2.45, 2.75) is 64.3 Å². The van der Waals surface area contributed by atoms with Gasteiger partial charge in [0, 0.05) is 25.7 Å². The molecule has 0 aromatic heterocycles. The van der Waals surface area contributed by atoms with Crippen molar-refractivity contribution < 1.29 is 9.90 Å². The van der Waals surface area contributed by atoms with Crippen LogP contribution in [0.4, 0.5) is 0 Å². The fourth-order valence-corrected chi connectivity index (χ4v) is 4.35. The Kier molecular flexibility index (Phi) is 7.27. The Morgan fingerprint density at radius 2 is 1.93 bits per heavy atom. The summed E-state index contributed by atoms with van der Waals surface area (Å²) in [4.78, 5) is 17.4. The Morgan fingerprint density at radius 3 is 2.59 bits per heavy atom. The van der Waals surface area contributed by atoms with E-state index >= 15 is 0 Å². The average molecular weight is 374 g/mol. The molecular weight excluding hydrogens is 338 g/mol. The molecule has 2 atom stereocenters. The van der Waals surface area contributed by atoms with Crippen molar-refractivity contribution in [1.29, 1.82) is 0 Å². The van der Waals surface area contributed by atoms with Crippen molar-refractivity contribution in [2.24, 2.45) is 5.92 Å². The van der Waals surface area contributed by atoms with E-state index in [1.807, 2.05) is 0 Å². The quantitative estimate of drug-likeness (QED) is 0.770. The number of hydrogen-bond donors (Lipinski definition) is 2. The number of piperidine rings is 1. The molecule has 5 heteroatoms. The summed E-state index contributed by atoms with van der Waals surface area (Å²) in [6, 6.07) is 10.8. The topological polar surface area (TPSA) is 55.8 Å². The highest BCUT2D eigenvalue weighted by Gasteiger charge is 2.40. The molecule has 2 heterocycles. The summed E-state index contributed by atoms with van der Waals surface area (Å²) in [5.41, 5.74) is 1.36. The first-order chi connectivity index (χ1) is 13.0. The lowest BCUT2D eigenvalue weighted by Gasteiger charge is -2.39. The van der Waals surface area contributed by atoms with Gasteiger partial charge in [0.15, 0.2) is 0 Å². The number of aliphatic hydroxyl groups is 1. The Bertz CT molecular complexity index is 584. The van der Waals surface area contributed by atoms with Crippen LogP contribution in [0.2, 0.25) is 0 Å². The number of β-amino-alcohol motifs (C(OH)–C–C–N with tert-alkyl or cyclic N) is 1. The third-order valence-corrected chi connectivity index (χ3v) is 5.92. The lowest BCUT2D eigenvalue weighted by atomic mass is 10.0. The normalized spacial score (nSPS) is 25.2. The summed E-state index contributed by atoms with van der Waals surface area (Å²) in [6.45, 7) is 8.79. The molecule has 2 saturated heterocycles. The predicted octanol–water partition coefficient (Wildman–Crippen LogP) is 2.25. The number of hydrogen-bond acceptors (Lipinski definition) is 4. The van der Waals surface area contributed by atoms with Gasteiger partial charge in [-0.25, -0.2) is 0 Å². The highest BCUT2D eigenvalue weighted by atomic mass is 16.3. The number of carbonyl (C=O) groups is 1. The number of carbonyl (C=O) groups excluding carboxylic acids is 1. The van der Waals surface area contributed by atoms with Gasteiger partial charge in [-0.05, 0) is 50.3 Å². The average Bonchev–Trinajstić information content (AvgIpc) is 3.05. The molecule has 150 valence electrons. The third-order valence-electron chi connectivity index (χ3n) is 5.92. The number of rotatable bonds is 7. The van der Waals surface area contributed by atoms with Crippen LogP contribution in [0.5, 0.6) is 0 Å². The van der Waals surface area contributed by atoms with Gasteiger partial charge >= 0.3 is 0 Å². The number of nitrogens with one attached hydrogen (secondary N) is 1. The molecule has 2 aliphatic rings. The summed E-state index contributed by atoms with van der Waals surface area (Å²) < 4.78 is 0. The van der Waals surface area contributed by atoms with Gasteiger partial charge < -0.3 is 10.4 Å². The molecule has 2 N–H and O–H groups in total. The highest BCUT2D eigenvalue weighted by Crippen LogP contribution is 2.27. The molecule has 27 heavy (non-hydrogen) atoms. The maximum atomic E-state index is 12.7. The van der Waals surface area contributed by atoms with Gasteiger partial charge in [0.25, 0.3) is 0 Å². The Labute approximate surface area is 163 Å². The molecule has 1 aromatic rings. The van der Waals surface area contributed by atoms with Gasteiger partial charge in [-0.15, -0.1) is 0 Å². The van der Waals surface area contributed by atoms with E-state index in [-0.39, 0.29) is 18.1 Å². The van der Waals surface area contributed by atoms with Crippen molar-refractivity contribution in [1.82, 2.24) is 15.1 Å². The minimum Gasteiger partial charge on any atom is -0.392 e. The molecule has 1 aromatic carbocycles. The van der Waals surface area contributed by atoms with E-state index in [0.717, 1.165) is 45.4 Å². The summed E-state index contributed by atoms with van der Waals surface area (Å²) >= 11 is 0. The number of nitrogens with zero attached hydrogens (tertiary/aromatic N) is 2. The largest absolute Gasteiger partial charge is 0.392 e. The third kappa shape index (κ3) is 5.77. The van der Waals surface area contributed by atoms with Gasteiger partial charge in [0.05, 0.1) is 12.1 Å². The molecule has 3 rings (SSSR count). The van der Waals surface area contributed by atoms with Gasteiger partial charge in [0.1, 0.15) is 0 Å². The Balaban J connectivity index is 1.50. The smallest absolute Gasteiger partial charge is 0.237 e. The minimum absolute atomic E-state index is 0.0962. The van der Waals surface area contributed by atoms with Crippen molar-refractivity contribution in [3.8, 4) is 0 Å². The first-order valence-electron chi connectivity index (χ1n) is 10.5. The second-order valence-electron chi connectivity index (χ2n) is 8.57. The van der Waals surface area contributed by atoms with Gasteiger partial charge in [0.2, 0.25) is 5.91 Å². The summed E-state index contributed by atoms with van der Waals surface area (Å²) in [6.07, 6.45) is 3.31. The second kappa shape index (κ2) is 9.67. The fourth-order valence-electron chi connectivity index (χ4n) is 4.35. The number of aliphatic hydroxyl groups excluding tert-OH is 1. The molecule has 1 amide bonds. The van der Waals surface area contributed by atoms with E-state index in [4.69, 9.17) is 0 Å². The zero-order valence-electron chi connectivity index (χ0n) is 16.8. The maximum absolute atomic E-state index is 12.7. The van der Waals surface area contributed by atoms with Crippen molar-refractivity contribution >= 4 is 5.91 Å². The van der Waals surface area contributed by atoms with Crippen LogP contribution in [0.1, 0.15) is 45.1 Å². The van der Waals surface area contributed by atoms with Gasteiger partial charge in [-0.3, -0.25) is 14.6 Å². The molecule has 0 spiro atoms. The summed E-state index contributed by atoms with van der Waals surface area (Å²) in [7, 11) is 0.